The summed E-state index contributed by atoms with van der Waals surface area (Å²) >= 11 is 0. The van der Waals surface area contributed by atoms with Crippen LogP contribution in [0.2, 0.25) is 0 Å². The number of aliphatic hydroxyl groups is 1. The van der Waals surface area contributed by atoms with Crippen LogP contribution in [0.5, 0.6) is 0 Å². The Bertz CT molecular complexity index is 1180. The largest absolute Gasteiger partial charge is 0.461 e. The van der Waals surface area contributed by atoms with E-state index in [4.69, 9.17) is 18.9 Å². The quantitative estimate of drug-likeness (QED) is 0.250. The van der Waals surface area contributed by atoms with Crippen molar-refractivity contribution in [3.05, 3.63) is 47.5 Å². The Labute approximate surface area is 236 Å². The number of rotatable bonds is 5. The third-order valence-electron chi connectivity index (χ3n) is 9.86. The SMILES string of the molecule is CC(=O)O[C@@H]1C2[C@@H](OC(=O)Cc3ccccc3)[C@@H](C)C[C@]2(O)[C@H](OC(C)=O)/C(C)=C/[C@@H]2[C@H](CC[C@@]13CO3)C2(C)C. The zero-order chi connectivity index (χ0) is 29.0. The van der Waals surface area contributed by atoms with Gasteiger partial charge in [-0.05, 0) is 60.5 Å². The van der Waals surface area contributed by atoms with Crippen LogP contribution in [0.15, 0.2) is 42.0 Å². The predicted octanol–water partition coefficient (Wildman–Crippen LogP) is 4.17. The van der Waals surface area contributed by atoms with Gasteiger partial charge in [-0.25, -0.2) is 0 Å². The second-order valence-electron chi connectivity index (χ2n) is 13.1. The zero-order valence-corrected chi connectivity index (χ0v) is 24.3. The molecule has 1 unspecified atom stereocenters. The van der Waals surface area contributed by atoms with Gasteiger partial charge >= 0.3 is 17.9 Å². The van der Waals surface area contributed by atoms with Crippen LogP contribution in [-0.2, 0) is 39.8 Å². The topological polar surface area (TPSA) is 112 Å². The van der Waals surface area contributed by atoms with Crippen molar-refractivity contribution in [2.75, 3.05) is 6.61 Å². The molecule has 1 aromatic rings. The van der Waals surface area contributed by atoms with E-state index in [1.54, 1.807) is 0 Å². The smallest absolute Gasteiger partial charge is 0.310 e. The predicted molar refractivity (Wildman–Crippen MR) is 146 cm³/mol. The molecule has 40 heavy (non-hydrogen) atoms. The van der Waals surface area contributed by atoms with Crippen molar-refractivity contribution in [2.45, 2.75) is 96.7 Å². The molecular weight excluding hydrogens is 512 g/mol. The molecular formula is C32H42O8. The molecule has 1 aliphatic heterocycles. The second-order valence-corrected chi connectivity index (χ2v) is 13.1. The van der Waals surface area contributed by atoms with Crippen molar-refractivity contribution in [1.29, 1.82) is 0 Å². The normalized spacial score (nSPS) is 40.9. The molecule has 9 atom stereocenters. The molecule has 1 saturated heterocycles. The van der Waals surface area contributed by atoms with E-state index in [1.807, 2.05) is 44.2 Å². The van der Waals surface area contributed by atoms with Crippen LogP contribution in [-0.4, -0.2) is 59.1 Å². The third kappa shape index (κ3) is 5.20. The lowest BCUT2D eigenvalue weighted by Gasteiger charge is -2.43. The van der Waals surface area contributed by atoms with Crippen molar-refractivity contribution < 1.29 is 38.4 Å². The fourth-order valence-corrected chi connectivity index (χ4v) is 7.69. The second kappa shape index (κ2) is 10.3. The maximum atomic E-state index is 13.2. The molecule has 3 fully saturated rings. The molecule has 1 aromatic carbocycles. The molecule has 4 aliphatic rings. The molecule has 1 heterocycles. The molecule has 2 saturated carbocycles. The third-order valence-corrected chi connectivity index (χ3v) is 9.86. The Morgan fingerprint density at radius 3 is 2.30 bits per heavy atom. The van der Waals surface area contributed by atoms with Gasteiger partial charge in [-0.2, -0.15) is 0 Å². The summed E-state index contributed by atoms with van der Waals surface area (Å²) in [5, 5.41) is 12.7. The minimum Gasteiger partial charge on any atom is -0.461 e. The maximum absolute atomic E-state index is 13.2. The van der Waals surface area contributed by atoms with Crippen molar-refractivity contribution >= 4 is 17.9 Å². The van der Waals surface area contributed by atoms with Gasteiger partial charge in [-0.3, -0.25) is 14.4 Å². The standard InChI is InChI=1S/C32H42O8/c1-18-14-24-23(30(24,5)6)12-13-31(17-37-31)29(39-21(4)34)26-27(40-25(35)15-22-10-8-7-9-11-22)19(2)16-32(26,36)28(18)38-20(3)33/h7-11,14,19,23-24,26-29,36H,12-13,15-17H2,1-6H3/b18-14+/t19-,23-,24+,26?,27-,28+,29+,31+,32+/m0/s1. The number of ether oxygens (including phenoxy) is 4. The van der Waals surface area contributed by atoms with Crippen molar-refractivity contribution in [3.63, 3.8) is 0 Å². The number of carbonyl (C=O) groups is 3. The van der Waals surface area contributed by atoms with E-state index in [2.05, 4.69) is 19.9 Å². The van der Waals surface area contributed by atoms with Crippen molar-refractivity contribution in [2.24, 2.45) is 29.1 Å². The first-order valence-electron chi connectivity index (χ1n) is 14.4. The van der Waals surface area contributed by atoms with Gasteiger partial charge in [0.1, 0.15) is 23.4 Å². The summed E-state index contributed by atoms with van der Waals surface area (Å²) in [4.78, 5) is 38.2. The molecule has 0 bridgehead atoms. The number of hydrogen-bond donors (Lipinski definition) is 1. The zero-order valence-electron chi connectivity index (χ0n) is 24.3. The van der Waals surface area contributed by atoms with Crippen LogP contribution in [0.1, 0.15) is 66.4 Å². The van der Waals surface area contributed by atoms with E-state index in [9.17, 15) is 19.5 Å². The highest BCUT2D eigenvalue weighted by Gasteiger charge is 2.70. The van der Waals surface area contributed by atoms with Gasteiger partial charge in [0.2, 0.25) is 0 Å². The summed E-state index contributed by atoms with van der Waals surface area (Å²) in [7, 11) is 0. The van der Waals surface area contributed by atoms with Crippen LogP contribution in [0.25, 0.3) is 0 Å². The van der Waals surface area contributed by atoms with Crippen LogP contribution in [0.4, 0.5) is 0 Å². The van der Waals surface area contributed by atoms with Crippen molar-refractivity contribution in [1.82, 2.24) is 0 Å². The van der Waals surface area contributed by atoms with Gasteiger partial charge in [0.05, 0.1) is 18.9 Å². The number of hydrogen-bond acceptors (Lipinski definition) is 8. The minimum atomic E-state index is -1.67. The molecule has 8 heteroatoms. The monoisotopic (exact) mass is 554 g/mol. The molecule has 5 rings (SSSR count). The average Bonchev–Trinajstić information content (AvgIpc) is 3.73. The number of allylic oxidation sites excluding steroid dienone is 1. The maximum Gasteiger partial charge on any atom is 0.310 e. The van der Waals surface area contributed by atoms with Gasteiger partial charge < -0.3 is 24.1 Å². The summed E-state index contributed by atoms with van der Waals surface area (Å²) < 4.78 is 24.1. The molecule has 8 nitrogen and oxygen atoms in total. The van der Waals surface area contributed by atoms with E-state index < -0.39 is 53.3 Å². The number of fused-ring (bicyclic) bond motifs is 2. The fourth-order valence-electron chi connectivity index (χ4n) is 7.69. The fraction of sp³-hybridized carbons (Fsp3) is 0.656. The van der Waals surface area contributed by atoms with Crippen LogP contribution in [0, 0.1) is 29.1 Å². The lowest BCUT2D eigenvalue weighted by atomic mass is 9.74. The van der Waals surface area contributed by atoms with E-state index in [-0.39, 0.29) is 30.1 Å². The molecule has 218 valence electrons. The Morgan fingerprint density at radius 2 is 1.70 bits per heavy atom. The summed E-state index contributed by atoms with van der Waals surface area (Å²) in [5.41, 5.74) is -0.856. The first kappa shape index (κ1) is 28.8. The average molecular weight is 555 g/mol. The molecule has 3 aliphatic carbocycles. The number of benzene rings is 1. The highest BCUT2D eigenvalue weighted by molar-refractivity contribution is 5.73. The van der Waals surface area contributed by atoms with E-state index >= 15 is 0 Å². The molecule has 0 radical (unpaired) electrons. The van der Waals surface area contributed by atoms with Gasteiger partial charge in [-0.1, -0.05) is 57.2 Å². The Morgan fingerprint density at radius 1 is 1.05 bits per heavy atom. The Hall–Kier alpha value is -2.71. The number of epoxide rings is 1. The van der Waals surface area contributed by atoms with Gasteiger partial charge in [-0.15, -0.1) is 0 Å². The van der Waals surface area contributed by atoms with Gasteiger partial charge in [0, 0.05) is 13.8 Å². The summed E-state index contributed by atoms with van der Waals surface area (Å²) in [6.07, 6.45) is 1.22. The Balaban J connectivity index is 1.59. The molecule has 0 amide bonds. The molecule has 0 aromatic heterocycles. The van der Waals surface area contributed by atoms with E-state index in [0.717, 1.165) is 17.6 Å². The highest BCUT2D eigenvalue weighted by Crippen LogP contribution is 2.64. The Kier molecular flexibility index (Phi) is 7.41. The molecule has 1 spiro atoms. The first-order chi connectivity index (χ1) is 18.8. The number of carbonyl (C=O) groups excluding carboxylic acids is 3. The van der Waals surface area contributed by atoms with Crippen molar-refractivity contribution in [3.8, 4) is 0 Å². The van der Waals surface area contributed by atoms with Gasteiger partial charge in [0.15, 0.2) is 6.10 Å². The van der Waals surface area contributed by atoms with E-state index in [0.29, 0.717) is 18.9 Å². The summed E-state index contributed by atoms with van der Waals surface area (Å²) in [6, 6.07) is 9.31. The summed E-state index contributed by atoms with van der Waals surface area (Å²) in [5.74, 6) is -2.01. The number of esters is 3. The van der Waals surface area contributed by atoms with Gasteiger partial charge in [0.25, 0.3) is 0 Å². The summed E-state index contributed by atoms with van der Waals surface area (Å²) in [6.45, 7) is 11.3. The van der Waals surface area contributed by atoms with E-state index in [1.165, 1.54) is 13.8 Å². The minimum absolute atomic E-state index is 0.0503. The van der Waals surface area contributed by atoms with Crippen LogP contribution in [0.3, 0.4) is 0 Å². The van der Waals surface area contributed by atoms with Crippen LogP contribution >= 0.6 is 0 Å². The lowest BCUT2D eigenvalue weighted by Crippen LogP contribution is -2.58. The highest BCUT2D eigenvalue weighted by atomic mass is 16.6. The van der Waals surface area contributed by atoms with Crippen LogP contribution < -0.4 is 0 Å². The lowest BCUT2D eigenvalue weighted by molar-refractivity contribution is -0.194. The molecule has 1 N–H and O–H groups in total. The first-order valence-corrected chi connectivity index (χ1v) is 14.4.